The molecule has 1 atom stereocenters. The number of alkyl halides is 3. The van der Waals surface area contributed by atoms with Crippen molar-refractivity contribution in [1.82, 2.24) is 4.98 Å². The molecular weight excluding hydrogens is 331 g/mol. The molecule has 18 heavy (non-hydrogen) atoms. The van der Waals surface area contributed by atoms with Crippen molar-refractivity contribution in [1.29, 1.82) is 0 Å². The number of benzene rings is 1. The van der Waals surface area contributed by atoms with Gasteiger partial charge in [-0.15, -0.1) is 11.3 Å². The number of hydrogen-bond donors (Lipinski definition) is 1. The highest BCUT2D eigenvalue weighted by molar-refractivity contribution is 9.10. The zero-order chi connectivity index (χ0) is 13.3. The average Bonchev–Trinajstić information content (AvgIpc) is 2.74. The molecule has 1 N–H and O–H groups in total. The number of rotatable bonds is 2. The van der Waals surface area contributed by atoms with E-state index in [1.807, 2.05) is 0 Å². The normalized spacial score (nSPS) is 13.6. The van der Waals surface area contributed by atoms with Gasteiger partial charge in [0.15, 0.2) is 0 Å². The number of thiazole rings is 1. The van der Waals surface area contributed by atoms with Crippen molar-refractivity contribution in [3.8, 4) is 0 Å². The maximum atomic E-state index is 12.4. The fraction of sp³-hybridized carbons (Fsp3) is 0.182. The first-order chi connectivity index (χ1) is 8.38. The van der Waals surface area contributed by atoms with E-state index in [0.29, 0.717) is 15.2 Å². The molecule has 0 saturated heterocycles. The molecule has 2 nitrogen and oxygen atoms in total. The fourth-order valence-corrected chi connectivity index (χ4v) is 2.67. The van der Waals surface area contributed by atoms with Crippen LogP contribution in [0.2, 0.25) is 0 Å². The molecule has 0 bridgehead atoms. The predicted octanol–water partition coefficient (Wildman–Crippen LogP) is 4.01. The Morgan fingerprint density at radius 3 is 2.28 bits per heavy atom. The topological polar surface area (TPSA) is 33.1 Å². The number of hydrogen-bond acceptors (Lipinski definition) is 3. The molecule has 0 amide bonds. The molecule has 1 aromatic carbocycles. The largest absolute Gasteiger partial charge is 0.416 e. The number of halogens is 4. The molecule has 2 aromatic rings. The van der Waals surface area contributed by atoms with E-state index >= 15 is 0 Å². The van der Waals surface area contributed by atoms with Gasteiger partial charge in [0.25, 0.3) is 0 Å². The molecule has 0 aliphatic heterocycles. The Bertz CT molecular complexity index is 538. The fourth-order valence-electron chi connectivity index (χ4n) is 1.39. The quantitative estimate of drug-likeness (QED) is 0.898. The van der Waals surface area contributed by atoms with Crippen LogP contribution >= 0.6 is 27.3 Å². The summed E-state index contributed by atoms with van der Waals surface area (Å²) in [7, 11) is 0. The highest BCUT2D eigenvalue weighted by atomic mass is 79.9. The van der Waals surface area contributed by atoms with Crippen molar-refractivity contribution in [3.63, 3.8) is 0 Å². The van der Waals surface area contributed by atoms with Gasteiger partial charge in [0.05, 0.1) is 5.56 Å². The van der Waals surface area contributed by atoms with E-state index in [4.69, 9.17) is 0 Å². The molecule has 0 fully saturated rings. The minimum Gasteiger partial charge on any atom is -0.381 e. The summed E-state index contributed by atoms with van der Waals surface area (Å²) in [5.74, 6) is 0. The Morgan fingerprint density at radius 1 is 1.22 bits per heavy atom. The molecular formula is C11H7BrF3NOS. The Kier molecular flexibility index (Phi) is 3.74. The molecule has 2 rings (SSSR count). The second kappa shape index (κ2) is 4.99. The van der Waals surface area contributed by atoms with Crippen LogP contribution in [0.1, 0.15) is 22.2 Å². The van der Waals surface area contributed by atoms with Crippen LogP contribution in [0.5, 0.6) is 0 Å². The van der Waals surface area contributed by atoms with Crippen LogP contribution in [0.3, 0.4) is 0 Å². The first-order valence-electron chi connectivity index (χ1n) is 4.84. The Hall–Kier alpha value is -0.920. The maximum absolute atomic E-state index is 12.4. The van der Waals surface area contributed by atoms with E-state index in [2.05, 4.69) is 20.9 Å². The summed E-state index contributed by atoms with van der Waals surface area (Å²) in [6.07, 6.45) is -5.38. The predicted molar refractivity (Wildman–Crippen MR) is 65.3 cm³/mol. The zero-order valence-corrected chi connectivity index (χ0v) is 11.2. The van der Waals surface area contributed by atoms with Gasteiger partial charge in [-0.05, 0) is 33.6 Å². The summed E-state index contributed by atoms with van der Waals surface area (Å²) >= 11 is 4.38. The SMILES string of the molecule is OC(c1ccc(C(F)(F)F)cc1)c1nc(Br)cs1. The third-order valence-electron chi connectivity index (χ3n) is 2.28. The van der Waals surface area contributed by atoms with Crippen molar-refractivity contribution in [2.45, 2.75) is 12.3 Å². The van der Waals surface area contributed by atoms with Crippen LogP contribution in [0.15, 0.2) is 34.2 Å². The summed E-state index contributed by atoms with van der Waals surface area (Å²) in [5, 5.41) is 12.1. The molecule has 1 aromatic heterocycles. The van der Waals surface area contributed by atoms with Crippen LogP contribution < -0.4 is 0 Å². The summed E-state index contributed by atoms with van der Waals surface area (Å²) in [4.78, 5) is 4.02. The summed E-state index contributed by atoms with van der Waals surface area (Å²) in [5.41, 5.74) is -0.358. The first kappa shape index (κ1) is 13.5. The second-order valence-electron chi connectivity index (χ2n) is 3.53. The maximum Gasteiger partial charge on any atom is 0.416 e. The van der Waals surface area contributed by atoms with Crippen LogP contribution in [0.4, 0.5) is 13.2 Å². The summed E-state index contributed by atoms with van der Waals surface area (Å²) in [6.45, 7) is 0. The lowest BCUT2D eigenvalue weighted by atomic mass is 10.1. The van der Waals surface area contributed by atoms with Gasteiger partial charge < -0.3 is 5.11 Å². The minimum absolute atomic E-state index is 0.379. The van der Waals surface area contributed by atoms with Gasteiger partial charge in [0.1, 0.15) is 15.7 Å². The van der Waals surface area contributed by atoms with Gasteiger partial charge in [-0.25, -0.2) is 4.98 Å². The molecule has 1 heterocycles. The van der Waals surface area contributed by atoms with E-state index in [0.717, 1.165) is 12.1 Å². The third-order valence-corrected chi connectivity index (χ3v) is 3.89. The van der Waals surface area contributed by atoms with Gasteiger partial charge >= 0.3 is 6.18 Å². The van der Waals surface area contributed by atoms with E-state index in [1.165, 1.54) is 23.5 Å². The molecule has 96 valence electrons. The zero-order valence-electron chi connectivity index (χ0n) is 8.78. The van der Waals surface area contributed by atoms with Gasteiger partial charge in [0.2, 0.25) is 0 Å². The molecule has 0 spiro atoms. The number of nitrogens with zero attached hydrogens (tertiary/aromatic N) is 1. The second-order valence-corrected chi connectivity index (χ2v) is 5.23. The van der Waals surface area contributed by atoms with Gasteiger partial charge in [-0.1, -0.05) is 12.1 Å². The van der Waals surface area contributed by atoms with Crippen molar-refractivity contribution in [3.05, 3.63) is 50.4 Å². The van der Waals surface area contributed by atoms with Gasteiger partial charge in [-0.2, -0.15) is 13.2 Å². The van der Waals surface area contributed by atoms with Crippen molar-refractivity contribution in [2.75, 3.05) is 0 Å². The lowest BCUT2D eigenvalue weighted by molar-refractivity contribution is -0.137. The average molecular weight is 338 g/mol. The lowest BCUT2D eigenvalue weighted by Crippen LogP contribution is -2.06. The van der Waals surface area contributed by atoms with Crippen LogP contribution in [0.25, 0.3) is 0 Å². The summed E-state index contributed by atoms with van der Waals surface area (Å²) in [6, 6.07) is 4.40. The van der Waals surface area contributed by atoms with Crippen LogP contribution in [0, 0.1) is 0 Å². The van der Waals surface area contributed by atoms with E-state index < -0.39 is 17.8 Å². The van der Waals surface area contributed by atoms with Crippen molar-refractivity contribution in [2.24, 2.45) is 0 Å². The van der Waals surface area contributed by atoms with Crippen LogP contribution in [-0.2, 0) is 6.18 Å². The minimum atomic E-state index is -4.37. The number of aromatic nitrogens is 1. The van der Waals surface area contributed by atoms with Crippen LogP contribution in [-0.4, -0.2) is 10.1 Å². The third kappa shape index (κ3) is 2.90. The van der Waals surface area contributed by atoms with E-state index in [9.17, 15) is 18.3 Å². The van der Waals surface area contributed by atoms with Gasteiger partial charge in [0, 0.05) is 5.38 Å². The molecule has 0 saturated carbocycles. The first-order valence-corrected chi connectivity index (χ1v) is 6.51. The van der Waals surface area contributed by atoms with Crippen molar-refractivity contribution >= 4 is 27.3 Å². The highest BCUT2D eigenvalue weighted by Gasteiger charge is 2.30. The summed E-state index contributed by atoms with van der Waals surface area (Å²) < 4.78 is 37.7. The molecule has 0 aliphatic carbocycles. The Balaban J connectivity index is 2.24. The highest BCUT2D eigenvalue weighted by Crippen LogP contribution is 2.31. The smallest absolute Gasteiger partial charge is 0.381 e. The molecule has 0 aliphatic rings. The molecule has 7 heteroatoms. The number of aliphatic hydroxyl groups is 1. The standard InChI is InChI=1S/C11H7BrF3NOS/c12-8-5-18-10(16-8)9(17)6-1-3-7(4-2-6)11(13,14)15/h1-5,9,17H. The van der Waals surface area contributed by atoms with Gasteiger partial charge in [-0.3, -0.25) is 0 Å². The van der Waals surface area contributed by atoms with E-state index in [1.54, 1.807) is 5.38 Å². The number of aliphatic hydroxyl groups excluding tert-OH is 1. The van der Waals surface area contributed by atoms with Crippen molar-refractivity contribution < 1.29 is 18.3 Å². The lowest BCUT2D eigenvalue weighted by Gasteiger charge is -2.10. The molecule has 0 radical (unpaired) electrons. The monoisotopic (exact) mass is 337 g/mol. The molecule has 1 unspecified atom stereocenters. The van der Waals surface area contributed by atoms with E-state index in [-0.39, 0.29) is 0 Å². The Labute approximate surface area is 113 Å². The Morgan fingerprint density at radius 2 is 1.83 bits per heavy atom.